The molecular formula is C13H16ClNO4. The molecule has 1 fully saturated rings. The van der Waals surface area contributed by atoms with Gasteiger partial charge in [-0.1, -0.05) is 6.07 Å². The molecule has 6 heteroatoms. The van der Waals surface area contributed by atoms with Crippen LogP contribution in [0.4, 0.5) is 5.69 Å². The molecule has 2 rings (SSSR count). The zero-order valence-electron chi connectivity index (χ0n) is 11.1. The van der Waals surface area contributed by atoms with E-state index < -0.39 is 4.92 Å². The van der Waals surface area contributed by atoms with Crippen molar-refractivity contribution in [1.29, 1.82) is 0 Å². The molecule has 5 nitrogen and oxygen atoms in total. The van der Waals surface area contributed by atoms with Crippen molar-refractivity contribution >= 4 is 17.3 Å². The fourth-order valence-corrected chi connectivity index (χ4v) is 2.75. The van der Waals surface area contributed by atoms with Gasteiger partial charge in [-0.3, -0.25) is 10.1 Å². The van der Waals surface area contributed by atoms with E-state index in [2.05, 4.69) is 0 Å². The first kappa shape index (κ1) is 14.1. The Balaban J connectivity index is 2.27. The molecule has 0 bridgehead atoms. The number of rotatable bonds is 4. The van der Waals surface area contributed by atoms with E-state index in [0.717, 1.165) is 11.1 Å². The van der Waals surface area contributed by atoms with Gasteiger partial charge in [-0.2, -0.15) is 0 Å². The molecule has 0 aromatic heterocycles. The van der Waals surface area contributed by atoms with Crippen LogP contribution in [0, 0.1) is 24.0 Å². The van der Waals surface area contributed by atoms with Crippen LogP contribution in [0.1, 0.15) is 17.5 Å². The van der Waals surface area contributed by atoms with Crippen molar-refractivity contribution in [3.8, 4) is 5.75 Å². The Morgan fingerprint density at radius 1 is 1.42 bits per heavy atom. The summed E-state index contributed by atoms with van der Waals surface area (Å²) in [6, 6.07) is 3.38. The minimum Gasteiger partial charge on any atom is -0.480 e. The van der Waals surface area contributed by atoms with Crippen molar-refractivity contribution in [2.75, 3.05) is 7.11 Å². The number of hydrogen-bond acceptors (Lipinski definition) is 4. The third-order valence-electron chi connectivity index (χ3n) is 3.32. The topological polar surface area (TPSA) is 61.6 Å². The third-order valence-corrected chi connectivity index (χ3v) is 3.74. The van der Waals surface area contributed by atoms with Gasteiger partial charge < -0.3 is 9.47 Å². The molecule has 0 spiro atoms. The maximum atomic E-state index is 11.1. The lowest BCUT2D eigenvalue weighted by Gasteiger charge is -2.39. The number of nitro groups is 1. The lowest BCUT2D eigenvalue weighted by atomic mass is 9.91. The van der Waals surface area contributed by atoms with E-state index in [4.69, 9.17) is 21.1 Å². The molecule has 1 aromatic carbocycles. The first-order valence-corrected chi connectivity index (χ1v) is 6.47. The van der Waals surface area contributed by atoms with Gasteiger partial charge in [-0.05, 0) is 25.0 Å². The third kappa shape index (κ3) is 2.67. The van der Waals surface area contributed by atoms with Gasteiger partial charge in [0.05, 0.1) is 10.3 Å². The Labute approximate surface area is 116 Å². The molecule has 19 heavy (non-hydrogen) atoms. The quantitative estimate of drug-likeness (QED) is 0.485. The number of nitrogens with zero attached hydrogens (tertiary/aromatic N) is 1. The Bertz CT molecular complexity index is 506. The Morgan fingerprint density at radius 2 is 2.11 bits per heavy atom. The summed E-state index contributed by atoms with van der Waals surface area (Å²) in [5.74, 6) is 0.311. The highest BCUT2D eigenvalue weighted by molar-refractivity contribution is 6.21. The van der Waals surface area contributed by atoms with Crippen LogP contribution in [0.15, 0.2) is 12.1 Å². The highest BCUT2D eigenvalue weighted by Crippen LogP contribution is 2.38. The van der Waals surface area contributed by atoms with Crippen molar-refractivity contribution in [2.24, 2.45) is 0 Å². The fraction of sp³-hybridized carbons (Fsp3) is 0.538. The predicted octanol–water partition coefficient (Wildman–Crippen LogP) is 2.99. The fourth-order valence-electron chi connectivity index (χ4n) is 2.31. The van der Waals surface area contributed by atoms with Crippen molar-refractivity contribution in [1.82, 2.24) is 0 Å². The monoisotopic (exact) mass is 285 g/mol. The number of benzene rings is 1. The van der Waals surface area contributed by atoms with Crippen molar-refractivity contribution in [3.63, 3.8) is 0 Å². The average molecular weight is 286 g/mol. The summed E-state index contributed by atoms with van der Waals surface area (Å²) in [6.07, 6.45) is 0.180. The lowest BCUT2D eigenvalue weighted by Crippen LogP contribution is -2.52. The second kappa shape index (κ2) is 5.35. The molecule has 1 aliphatic rings. The normalized spacial score (nSPS) is 25.8. The molecule has 1 aliphatic carbocycles. The lowest BCUT2D eigenvalue weighted by molar-refractivity contribution is -0.386. The minimum absolute atomic E-state index is 0.00891. The standard InChI is InChI=1S/C13H16ClNO4/c1-7-4-8(2)12(10(5-7)15(16)17)19-11-6-9(14)13(11)18-3/h4-5,9,11,13H,6H2,1-3H3. The highest BCUT2D eigenvalue weighted by Gasteiger charge is 2.43. The van der Waals surface area contributed by atoms with E-state index in [1.165, 1.54) is 6.07 Å². The number of halogens is 1. The van der Waals surface area contributed by atoms with Crippen molar-refractivity contribution < 1.29 is 14.4 Å². The van der Waals surface area contributed by atoms with Gasteiger partial charge in [0.1, 0.15) is 12.2 Å². The van der Waals surface area contributed by atoms with Gasteiger partial charge in [0.25, 0.3) is 0 Å². The van der Waals surface area contributed by atoms with Crippen LogP contribution >= 0.6 is 11.6 Å². The Hall–Kier alpha value is -1.33. The molecule has 0 N–H and O–H groups in total. The van der Waals surface area contributed by atoms with Gasteiger partial charge in [-0.15, -0.1) is 11.6 Å². The first-order valence-electron chi connectivity index (χ1n) is 6.03. The van der Waals surface area contributed by atoms with Crippen LogP contribution in [0.3, 0.4) is 0 Å². The largest absolute Gasteiger partial charge is 0.480 e. The zero-order valence-corrected chi connectivity index (χ0v) is 11.8. The van der Waals surface area contributed by atoms with Crippen molar-refractivity contribution in [3.05, 3.63) is 33.4 Å². The smallest absolute Gasteiger partial charge is 0.311 e. The number of aryl methyl sites for hydroxylation is 2. The van der Waals surface area contributed by atoms with Gasteiger partial charge in [0.15, 0.2) is 5.75 Å². The van der Waals surface area contributed by atoms with E-state index in [9.17, 15) is 10.1 Å². The summed E-state index contributed by atoms with van der Waals surface area (Å²) >= 11 is 6.00. The maximum Gasteiger partial charge on any atom is 0.311 e. The minimum atomic E-state index is -0.423. The van der Waals surface area contributed by atoms with Gasteiger partial charge in [0, 0.05) is 19.6 Å². The van der Waals surface area contributed by atoms with Crippen LogP contribution in [-0.2, 0) is 4.74 Å². The highest BCUT2D eigenvalue weighted by atomic mass is 35.5. The molecule has 3 unspecified atom stereocenters. The molecule has 0 radical (unpaired) electrons. The van der Waals surface area contributed by atoms with Crippen LogP contribution in [0.25, 0.3) is 0 Å². The van der Waals surface area contributed by atoms with Crippen molar-refractivity contribution in [2.45, 2.75) is 37.9 Å². The molecule has 1 saturated carbocycles. The summed E-state index contributed by atoms with van der Waals surface area (Å²) in [6.45, 7) is 3.62. The van der Waals surface area contributed by atoms with Crippen LogP contribution in [-0.4, -0.2) is 29.6 Å². The van der Waals surface area contributed by atoms with E-state index >= 15 is 0 Å². The summed E-state index contributed by atoms with van der Waals surface area (Å²) in [4.78, 5) is 10.7. The molecule has 3 atom stereocenters. The predicted molar refractivity (Wildman–Crippen MR) is 72.0 cm³/mol. The van der Waals surface area contributed by atoms with Crippen LogP contribution in [0.2, 0.25) is 0 Å². The average Bonchev–Trinajstić information content (AvgIpc) is 2.30. The van der Waals surface area contributed by atoms with Gasteiger partial charge >= 0.3 is 5.69 Å². The van der Waals surface area contributed by atoms with Crippen LogP contribution < -0.4 is 4.74 Å². The molecule has 104 valence electrons. The SMILES string of the molecule is COC1C(Cl)CC1Oc1c(C)cc(C)cc1[N+](=O)[O-]. The Kier molecular flexibility index (Phi) is 3.96. The van der Waals surface area contributed by atoms with E-state index in [1.807, 2.05) is 13.0 Å². The number of alkyl halides is 1. The maximum absolute atomic E-state index is 11.1. The van der Waals surface area contributed by atoms with E-state index in [-0.39, 0.29) is 23.3 Å². The second-order valence-corrected chi connectivity index (χ2v) is 5.36. The van der Waals surface area contributed by atoms with Gasteiger partial charge in [0.2, 0.25) is 0 Å². The summed E-state index contributed by atoms with van der Waals surface area (Å²) < 4.78 is 11.0. The number of ether oxygens (including phenoxy) is 2. The number of hydrogen-bond donors (Lipinski definition) is 0. The number of nitro benzene ring substituents is 1. The molecule has 1 aromatic rings. The molecular weight excluding hydrogens is 270 g/mol. The molecule has 0 amide bonds. The first-order chi connectivity index (χ1) is 8.93. The van der Waals surface area contributed by atoms with E-state index in [1.54, 1.807) is 14.0 Å². The summed E-state index contributed by atoms with van der Waals surface area (Å²) in [7, 11) is 1.56. The Morgan fingerprint density at radius 3 is 2.63 bits per heavy atom. The van der Waals surface area contributed by atoms with Crippen LogP contribution in [0.5, 0.6) is 5.75 Å². The van der Waals surface area contributed by atoms with Gasteiger partial charge in [-0.25, -0.2) is 0 Å². The molecule has 0 saturated heterocycles. The molecule has 0 aliphatic heterocycles. The summed E-state index contributed by atoms with van der Waals surface area (Å²) in [5, 5.41) is 11.0. The zero-order chi connectivity index (χ0) is 14.2. The van der Waals surface area contributed by atoms with E-state index in [0.29, 0.717) is 12.2 Å². The number of methoxy groups -OCH3 is 1. The summed E-state index contributed by atoms with van der Waals surface area (Å²) in [5.41, 5.74) is 1.58. The second-order valence-electron chi connectivity index (χ2n) is 4.80. The molecule has 0 heterocycles.